The fraction of sp³-hybridized carbons (Fsp3) is 0.391. The van der Waals surface area contributed by atoms with Crippen molar-refractivity contribution in [1.29, 1.82) is 0 Å². The van der Waals surface area contributed by atoms with Crippen LogP contribution in [0.2, 0.25) is 10.0 Å². The van der Waals surface area contributed by atoms with Gasteiger partial charge >= 0.3 is 0 Å². The largest absolute Gasteiger partial charge is 0.493 e. The second-order valence-electron chi connectivity index (χ2n) is 8.05. The maximum Gasteiger partial charge on any atom is 0.163 e. The molecule has 0 aliphatic carbocycles. The number of morpholine rings is 1. The van der Waals surface area contributed by atoms with Crippen molar-refractivity contribution in [1.82, 2.24) is 14.9 Å². The smallest absolute Gasteiger partial charge is 0.163 e. The minimum Gasteiger partial charge on any atom is -0.493 e. The minimum absolute atomic E-state index is 0.0435. The maximum absolute atomic E-state index is 6.14. The molecule has 9 heteroatoms. The molecule has 2 aromatic carbocycles. The summed E-state index contributed by atoms with van der Waals surface area (Å²) in [6.45, 7) is 3.29. The lowest BCUT2D eigenvalue weighted by molar-refractivity contribution is -0.0655. The predicted octanol–water partition coefficient (Wildman–Crippen LogP) is 4.93. The summed E-state index contributed by atoms with van der Waals surface area (Å²) in [7, 11) is 1.62. The number of fused-ring (bicyclic) bond motifs is 2. The number of aromatic nitrogens is 2. The van der Waals surface area contributed by atoms with Gasteiger partial charge in [-0.3, -0.25) is 4.90 Å². The highest BCUT2D eigenvalue weighted by Crippen LogP contribution is 2.36. The molecule has 0 saturated carbocycles. The molecule has 2 atom stereocenters. The summed E-state index contributed by atoms with van der Waals surface area (Å²) >= 11 is 12.2. The Morgan fingerprint density at radius 3 is 2.91 bits per heavy atom. The lowest BCUT2D eigenvalue weighted by Gasteiger charge is -2.35. The van der Waals surface area contributed by atoms with Crippen LogP contribution in [0.5, 0.6) is 11.5 Å². The number of hydrogen-bond acceptors (Lipinski definition) is 7. The van der Waals surface area contributed by atoms with E-state index in [0.717, 1.165) is 36.3 Å². The van der Waals surface area contributed by atoms with Crippen LogP contribution in [0.25, 0.3) is 10.9 Å². The van der Waals surface area contributed by atoms with Gasteiger partial charge < -0.3 is 19.5 Å². The van der Waals surface area contributed by atoms with E-state index >= 15 is 0 Å². The summed E-state index contributed by atoms with van der Waals surface area (Å²) < 4.78 is 17.7. The molecule has 1 unspecified atom stereocenters. The van der Waals surface area contributed by atoms with Crippen molar-refractivity contribution >= 4 is 45.6 Å². The summed E-state index contributed by atoms with van der Waals surface area (Å²) in [6, 6.07) is 9.65. The van der Waals surface area contributed by atoms with Crippen LogP contribution in [-0.2, 0) is 4.74 Å². The molecular weight excluding hydrogens is 451 g/mol. The van der Waals surface area contributed by atoms with Crippen LogP contribution in [-0.4, -0.2) is 60.4 Å². The number of nitrogens with zero attached hydrogens (tertiary/aromatic N) is 3. The quantitative estimate of drug-likeness (QED) is 0.542. The molecular formula is C23H24Cl2N4O3. The van der Waals surface area contributed by atoms with Gasteiger partial charge in [0.15, 0.2) is 11.5 Å². The van der Waals surface area contributed by atoms with Crippen molar-refractivity contribution in [3.8, 4) is 11.5 Å². The molecule has 168 valence electrons. The van der Waals surface area contributed by atoms with Gasteiger partial charge in [-0.2, -0.15) is 0 Å². The third-order valence-electron chi connectivity index (χ3n) is 5.99. The first-order valence-electron chi connectivity index (χ1n) is 10.6. The third-order valence-corrected chi connectivity index (χ3v) is 6.73. The van der Waals surface area contributed by atoms with Crippen molar-refractivity contribution in [2.45, 2.75) is 25.0 Å². The Kier molecular flexibility index (Phi) is 6.24. The SMILES string of the molecule is COc1cc2c(Nc3ccc(Cl)c(Cl)c3)ncnc2cc1OC[C@@H]1CN2CCCC2CO1. The van der Waals surface area contributed by atoms with Crippen LogP contribution < -0.4 is 14.8 Å². The summed E-state index contributed by atoms with van der Waals surface area (Å²) in [5.41, 5.74) is 1.51. The zero-order chi connectivity index (χ0) is 22.1. The first-order chi connectivity index (χ1) is 15.6. The molecule has 7 nitrogen and oxygen atoms in total. The number of halogens is 2. The van der Waals surface area contributed by atoms with Gasteiger partial charge in [0.1, 0.15) is 24.9 Å². The van der Waals surface area contributed by atoms with E-state index < -0.39 is 0 Å². The van der Waals surface area contributed by atoms with E-state index in [1.54, 1.807) is 19.2 Å². The van der Waals surface area contributed by atoms with E-state index in [2.05, 4.69) is 20.2 Å². The summed E-state index contributed by atoms with van der Waals surface area (Å²) in [4.78, 5) is 11.3. The Bertz CT molecular complexity index is 1130. The summed E-state index contributed by atoms with van der Waals surface area (Å²) in [5, 5.41) is 5.04. The minimum atomic E-state index is 0.0435. The normalized spacial score (nSPS) is 20.8. The fourth-order valence-electron chi connectivity index (χ4n) is 4.32. The molecule has 5 rings (SSSR count). The molecule has 32 heavy (non-hydrogen) atoms. The summed E-state index contributed by atoms with van der Waals surface area (Å²) in [5.74, 6) is 1.87. The number of hydrogen-bond donors (Lipinski definition) is 1. The molecule has 3 heterocycles. The highest BCUT2D eigenvalue weighted by molar-refractivity contribution is 6.42. The Balaban J connectivity index is 1.36. The first-order valence-corrected chi connectivity index (χ1v) is 11.4. The van der Waals surface area contributed by atoms with Crippen molar-refractivity contribution in [2.75, 3.05) is 38.7 Å². The van der Waals surface area contributed by atoms with E-state index in [1.165, 1.54) is 19.2 Å². The number of anilines is 2. The molecule has 2 aliphatic heterocycles. The molecule has 2 saturated heterocycles. The molecule has 0 radical (unpaired) electrons. The molecule has 2 aliphatic rings. The summed E-state index contributed by atoms with van der Waals surface area (Å²) in [6.07, 6.45) is 4.03. The Hall–Kier alpha value is -2.32. The highest BCUT2D eigenvalue weighted by atomic mass is 35.5. The van der Waals surface area contributed by atoms with E-state index in [9.17, 15) is 0 Å². The number of benzene rings is 2. The molecule has 3 aromatic rings. The van der Waals surface area contributed by atoms with Crippen LogP contribution in [0, 0.1) is 0 Å². The van der Waals surface area contributed by atoms with E-state index in [0.29, 0.717) is 40.0 Å². The van der Waals surface area contributed by atoms with Crippen LogP contribution in [0.4, 0.5) is 11.5 Å². The van der Waals surface area contributed by atoms with Crippen molar-refractivity contribution < 1.29 is 14.2 Å². The number of methoxy groups -OCH3 is 1. The third kappa shape index (κ3) is 4.43. The molecule has 0 spiro atoms. The van der Waals surface area contributed by atoms with E-state index in [4.69, 9.17) is 37.4 Å². The lowest BCUT2D eigenvalue weighted by atomic mass is 10.2. The average Bonchev–Trinajstić information content (AvgIpc) is 3.27. The van der Waals surface area contributed by atoms with Crippen LogP contribution in [0.15, 0.2) is 36.7 Å². The van der Waals surface area contributed by atoms with Gasteiger partial charge in [0.25, 0.3) is 0 Å². The lowest BCUT2D eigenvalue weighted by Crippen LogP contribution is -2.48. The Morgan fingerprint density at radius 1 is 1.16 bits per heavy atom. The van der Waals surface area contributed by atoms with E-state index in [-0.39, 0.29) is 6.10 Å². The predicted molar refractivity (Wildman–Crippen MR) is 126 cm³/mol. The van der Waals surface area contributed by atoms with Crippen molar-refractivity contribution in [3.05, 3.63) is 46.7 Å². The highest BCUT2D eigenvalue weighted by Gasteiger charge is 2.32. The van der Waals surface area contributed by atoms with Crippen LogP contribution in [0.1, 0.15) is 12.8 Å². The van der Waals surface area contributed by atoms with Gasteiger partial charge in [-0.05, 0) is 43.7 Å². The average molecular weight is 475 g/mol. The molecule has 1 aromatic heterocycles. The van der Waals surface area contributed by atoms with Gasteiger partial charge in [0.05, 0.1) is 29.3 Å². The second-order valence-corrected chi connectivity index (χ2v) is 8.87. The van der Waals surface area contributed by atoms with Gasteiger partial charge in [0, 0.05) is 29.7 Å². The number of rotatable bonds is 6. The van der Waals surface area contributed by atoms with Crippen molar-refractivity contribution in [2.24, 2.45) is 0 Å². The maximum atomic E-state index is 6.14. The Morgan fingerprint density at radius 2 is 2.06 bits per heavy atom. The molecule has 1 N–H and O–H groups in total. The zero-order valence-electron chi connectivity index (χ0n) is 17.7. The molecule has 0 bridgehead atoms. The van der Waals surface area contributed by atoms with Crippen LogP contribution >= 0.6 is 23.2 Å². The topological polar surface area (TPSA) is 68.7 Å². The van der Waals surface area contributed by atoms with Gasteiger partial charge in [-0.25, -0.2) is 9.97 Å². The zero-order valence-corrected chi connectivity index (χ0v) is 19.2. The monoisotopic (exact) mass is 474 g/mol. The van der Waals surface area contributed by atoms with Gasteiger partial charge in [-0.1, -0.05) is 23.2 Å². The number of ether oxygens (including phenoxy) is 3. The molecule has 0 amide bonds. The van der Waals surface area contributed by atoms with Crippen LogP contribution in [0.3, 0.4) is 0 Å². The standard InChI is InChI=1S/C23H24Cl2N4O3/c1-30-21-8-17-20(26-13-27-23(17)28-14-4-5-18(24)19(25)7-14)9-22(21)32-12-16-10-29-6-2-3-15(29)11-31-16/h4-5,7-9,13,15-16H,2-3,6,10-12H2,1H3,(H,26,27,28)/t15?,16-/m0/s1. The van der Waals surface area contributed by atoms with Crippen molar-refractivity contribution in [3.63, 3.8) is 0 Å². The first kappa shape index (κ1) is 21.5. The van der Waals surface area contributed by atoms with E-state index in [1.807, 2.05) is 18.2 Å². The number of nitrogens with one attached hydrogen (secondary N) is 1. The van der Waals surface area contributed by atoms with Gasteiger partial charge in [-0.15, -0.1) is 0 Å². The molecule has 2 fully saturated rings. The van der Waals surface area contributed by atoms with Gasteiger partial charge in [0.2, 0.25) is 0 Å². The fourth-order valence-corrected chi connectivity index (χ4v) is 4.61. The Labute approximate surface area is 196 Å². The second kappa shape index (κ2) is 9.27.